The molecule has 0 aliphatic carbocycles. The molecule has 6 heteroatoms. The van der Waals surface area contributed by atoms with Crippen molar-refractivity contribution in [1.29, 1.82) is 0 Å². The summed E-state index contributed by atoms with van der Waals surface area (Å²) in [6, 6.07) is 4.24. The molecule has 0 spiro atoms. The summed E-state index contributed by atoms with van der Waals surface area (Å²) in [4.78, 5) is 0. The lowest BCUT2D eigenvalue weighted by Crippen LogP contribution is -2.07. The third kappa shape index (κ3) is 5.54. The smallest absolute Gasteiger partial charge is 0.304 e. The van der Waals surface area contributed by atoms with Gasteiger partial charge in [0.15, 0.2) is 0 Å². The summed E-state index contributed by atoms with van der Waals surface area (Å²) in [6.45, 7) is -1.16. The van der Waals surface area contributed by atoms with E-state index in [2.05, 4.69) is 17.4 Å². The van der Waals surface area contributed by atoms with Crippen molar-refractivity contribution in [3.05, 3.63) is 35.1 Å². The Labute approximate surface area is 115 Å². The second-order valence-corrected chi connectivity index (χ2v) is 5.36. The highest BCUT2D eigenvalue weighted by atomic mass is 32.2. The van der Waals surface area contributed by atoms with Crippen LogP contribution in [0.1, 0.15) is 23.0 Å². The van der Waals surface area contributed by atoms with Crippen molar-refractivity contribution < 1.29 is 17.9 Å². The normalized spacial score (nSPS) is 13.0. The molecule has 0 saturated heterocycles. The monoisotopic (exact) mass is 296 g/mol. The Morgan fingerprint density at radius 2 is 2.06 bits per heavy atom. The number of hydrogen-bond acceptors (Lipinski definition) is 3. The van der Waals surface area contributed by atoms with E-state index in [-0.39, 0.29) is 0 Å². The molecule has 1 aromatic carbocycles. The lowest BCUT2D eigenvalue weighted by Gasteiger charge is -2.17. The Kier molecular flexibility index (Phi) is 6.96. The van der Waals surface area contributed by atoms with Crippen LogP contribution in [-0.4, -0.2) is 18.1 Å². The minimum atomic E-state index is -2.87. The topological polar surface area (TPSA) is 9.23 Å². The van der Waals surface area contributed by atoms with Crippen LogP contribution < -0.4 is 0 Å². The van der Waals surface area contributed by atoms with Crippen molar-refractivity contribution in [2.75, 3.05) is 11.5 Å². The number of alkyl halides is 2. The van der Waals surface area contributed by atoms with E-state index >= 15 is 0 Å². The van der Waals surface area contributed by atoms with Crippen LogP contribution in [0.5, 0.6) is 0 Å². The molecule has 1 nitrogen and oxygen atoms in total. The molecular weight excluding hydrogens is 281 g/mol. The summed E-state index contributed by atoms with van der Waals surface area (Å²) in [5, 5.41) is 0. The number of thiol groups is 1. The summed E-state index contributed by atoms with van der Waals surface area (Å²) in [6.07, 6.45) is 0.783. The Morgan fingerprint density at radius 1 is 1.33 bits per heavy atom. The molecule has 18 heavy (non-hydrogen) atoms. The predicted molar refractivity (Wildman–Crippen MR) is 71.9 cm³/mol. The first-order valence-electron chi connectivity index (χ1n) is 5.46. The molecule has 0 fully saturated rings. The quantitative estimate of drug-likeness (QED) is 0.453. The molecule has 1 unspecified atom stereocenters. The van der Waals surface area contributed by atoms with Crippen molar-refractivity contribution in [3.63, 3.8) is 0 Å². The molecule has 0 amide bonds. The zero-order valence-corrected chi connectivity index (χ0v) is 11.6. The fourth-order valence-electron chi connectivity index (χ4n) is 1.46. The van der Waals surface area contributed by atoms with Crippen LogP contribution in [0, 0.1) is 12.7 Å². The van der Waals surface area contributed by atoms with Crippen LogP contribution in [0.25, 0.3) is 0 Å². The highest BCUT2D eigenvalue weighted by molar-refractivity contribution is 7.99. The van der Waals surface area contributed by atoms with Gasteiger partial charge in [-0.1, -0.05) is 6.07 Å². The average Bonchev–Trinajstić information content (AvgIpc) is 2.26. The number of rotatable bonds is 7. The molecule has 0 aliphatic rings. The van der Waals surface area contributed by atoms with E-state index < -0.39 is 17.9 Å². The summed E-state index contributed by atoms with van der Waals surface area (Å²) in [5.41, 5.74) is 0.263. The van der Waals surface area contributed by atoms with Gasteiger partial charge >= 0.3 is 6.61 Å². The molecular formula is C12H15F3OS2. The lowest BCUT2D eigenvalue weighted by molar-refractivity contribution is -0.140. The number of hydrogen-bond donors (Lipinski definition) is 1. The van der Waals surface area contributed by atoms with Gasteiger partial charge in [0.25, 0.3) is 0 Å². The van der Waals surface area contributed by atoms with Crippen molar-refractivity contribution in [2.45, 2.75) is 25.4 Å². The van der Waals surface area contributed by atoms with Gasteiger partial charge in [-0.25, -0.2) is 4.39 Å². The lowest BCUT2D eigenvalue weighted by atomic mass is 10.1. The fraction of sp³-hybridized carbons (Fsp3) is 0.500. The van der Waals surface area contributed by atoms with Gasteiger partial charge in [-0.2, -0.15) is 21.4 Å². The summed E-state index contributed by atoms with van der Waals surface area (Å²) >= 11 is 5.28. The zero-order chi connectivity index (χ0) is 13.5. The summed E-state index contributed by atoms with van der Waals surface area (Å²) in [7, 11) is 0. The third-order valence-corrected chi connectivity index (χ3v) is 3.66. The second kappa shape index (κ2) is 7.96. The van der Waals surface area contributed by atoms with Crippen molar-refractivity contribution in [3.8, 4) is 0 Å². The van der Waals surface area contributed by atoms with E-state index in [1.54, 1.807) is 13.0 Å². The molecule has 0 bridgehead atoms. The summed E-state index contributed by atoms with van der Waals surface area (Å²) < 4.78 is 42.5. The Morgan fingerprint density at radius 3 is 2.61 bits per heavy atom. The Hall–Kier alpha value is -0.330. The molecule has 0 radical (unpaired) electrons. The van der Waals surface area contributed by atoms with Crippen LogP contribution in [0.3, 0.4) is 0 Å². The van der Waals surface area contributed by atoms with Crippen LogP contribution in [0.15, 0.2) is 18.2 Å². The molecule has 0 N–H and O–H groups in total. The standard InChI is InChI=1S/C12H15F3OS2/c1-8-5-9(7-10(13)6-8)11(16-12(14)15)18-4-2-3-17/h5-7,11-12,17H,2-4H2,1H3. The minimum absolute atomic E-state index is 0.428. The first kappa shape index (κ1) is 15.7. The highest BCUT2D eigenvalue weighted by Crippen LogP contribution is 2.33. The fourth-order valence-corrected chi connectivity index (χ4v) is 2.85. The predicted octanol–water partition coefficient (Wildman–Crippen LogP) is 4.43. The van der Waals surface area contributed by atoms with E-state index in [0.29, 0.717) is 22.6 Å². The zero-order valence-electron chi connectivity index (χ0n) is 9.91. The largest absolute Gasteiger partial charge is 0.346 e. The van der Waals surface area contributed by atoms with E-state index in [1.165, 1.54) is 23.9 Å². The number of thioether (sulfide) groups is 1. The van der Waals surface area contributed by atoms with Gasteiger partial charge in [-0.3, -0.25) is 0 Å². The second-order valence-electron chi connectivity index (χ2n) is 3.74. The van der Waals surface area contributed by atoms with Crippen LogP contribution in [0.4, 0.5) is 13.2 Å². The van der Waals surface area contributed by atoms with E-state index in [9.17, 15) is 13.2 Å². The van der Waals surface area contributed by atoms with Gasteiger partial charge < -0.3 is 4.74 Å². The van der Waals surface area contributed by atoms with Gasteiger partial charge in [0, 0.05) is 0 Å². The van der Waals surface area contributed by atoms with Crippen LogP contribution >= 0.6 is 24.4 Å². The molecule has 0 aromatic heterocycles. The minimum Gasteiger partial charge on any atom is -0.304 e. The maximum absolute atomic E-state index is 13.2. The van der Waals surface area contributed by atoms with Crippen LogP contribution in [0.2, 0.25) is 0 Å². The van der Waals surface area contributed by atoms with Gasteiger partial charge in [-0.05, 0) is 48.1 Å². The molecule has 0 saturated carbocycles. The number of benzene rings is 1. The molecule has 1 rings (SSSR count). The Bertz CT molecular complexity index is 354. The summed E-state index contributed by atoms with van der Waals surface area (Å²) in [5.74, 6) is 0.871. The van der Waals surface area contributed by atoms with E-state index in [4.69, 9.17) is 0 Å². The van der Waals surface area contributed by atoms with E-state index in [0.717, 1.165) is 6.42 Å². The molecule has 1 aromatic rings. The van der Waals surface area contributed by atoms with Gasteiger partial charge in [0.2, 0.25) is 0 Å². The van der Waals surface area contributed by atoms with Crippen molar-refractivity contribution >= 4 is 24.4 Å². The maximum atomic E-state index is 13.2. The molecule has 102 valence electrons. The first-order chi connectivity index (χ1) is 8.52. The SMILES string of the molecule is Cc1cc(F)cc(C(OC(F)F)SCCCS)c1. The van der Waals surface area contributed by atoms with Gasteiger partial charge in [-0.15, -0.1) is 11.8 Å². The molecule has 0 aliphatic heterocycles. The molecule has 0 heterocycles. The number of halogens is 3. The third-order valence-electron chi connectivity index (χ3n) is 2.13. The number of ether oxygens (including phenoxy) is 1. The van der Waals surface area contributed by atoms with Gasteiger partial charge in [0.05, 0.1) is 0 Å². The van der Waals surface area contributed by atoms with Crippen molar-refractivity contribution in [1.82, 2.24) is 0 Å². The molecule has 1 atom stereocenters. The van der Waals surface area contributed by atoms with E-state index in [1.807, 2.05) is 0 Å². The number of aryl methyl sites for hydroxylation is 1. The van der Waals surface area contributed by atoms with Crippen LogP contribution in [-0.2, 0) is 4.74 Å². The Balaban J connectivity index is 2.79. The average molecular weight is 296 g/mol. The maximum Gasteiger partial charge on any atom is 0.346 e. The first-order valence-corrected chi connectivity index (χ1v) is 7.14. The van der Waals surface area contributed by atoms with Crippen molar-refractivity contribution in [2.24, 2.45) is 0 Å². The highest BCUT2D eigenvalue weighted by Gasteiger charge is 2.18. The van der Waals surface area contributed by atoms with Gasteiger partial charge in [0.1, 0.15) is 11.3 Å².